The number of rotatable bonds is 5. The average molecular weight is 447 g/mol. The van der Waals surface area contributed by atoms with Gasteiger partial charge in [-0.25, -0.2) is 8.42 Å². The minimum Gasteiger partial charge on any atom is -0.377 e. The van der Waals surface area contributed by atoms with Crippen molar-refractivity contribution in [3.05, 3.63) is 78.5 Å². The number of nitrogens with one attached hydrogen (secondary N) is 1. The molecule has 6 nitrogen and oxygen atoms in total. The number of pyridine rings is 1. The number of amides is 1. The van der Waals surface area contributed by atoms with Crippen LogP contribution < -0.4 is 5.32 Å². The third kappa shape index (κ3) is 3.97. The van der Waals surface area contributed by atoms with E-state index in [4.69, 9.17) is 4.74 Å². The van der Waals surface area contributed by atoms with Crippen LogP contribution in [0.15, 0.2) is 77.8 Å². The smallest absolute Gasteiger partial charge is 0.257 e. The van der Waals surface area contributed by atoms with Crippen molar-refractivity contribution in [3.63, 3.8) is 0 Å². The van der Waals surface area contributed by atoms with E-state index < -0.39 is 9.84 Å². The number of carbonyl (C=O) groups is 1. The number of carbonyl (C=O) groups excluding carboxylic acids is 1. The summed E-state index contributed by atoms with van der Waals surface area (Å²) in [5.41, 5.74) is 1.61. The summed E-state index contributed by atoms with van der Waals surface area (Å²) >= 11 is 0. The first-order valence-corrected chi connectivity index (χ1v) is 12.2. The largest absolute Gasteiger partial charge is 0.377 e. The van der Waals surface area contributed by atoms with Crippen molar-refractivity contribution in [3.8, 4) is 0 Å². The highest BCUT2D eigenvalue weighted by Crippen LogP contribution is 2.28. The Bertz CT molecular complexity index is 1410. The number of hydrogen-bond donors (Lipinski definition) is 1. The molecule has 1 unspecified atom stereocenters. The van der Waals surface area contributed by atoms with Crippen LogP contribution >= 0.6 is 0 Å². The van der Waals surface area contributed by atoms with Crippen LogP contribution in [0.25, 0.3) is 21.7 Å². The van der Waals surface area contributed by atoms with Gasteiger partial charge in [-0.3, -0.25) is 9.78 Å². The molecule has 2 heterocycles. The van der Waals surface area contributed by atoms with Gasteiger partial charge in [0.05, 0.1) is 27.8 Å². The summed E-state index contributed by atoms with van der Waals surface area (Å²) in [5, 5.41) is 5.76. The fourth-order valence-corrected chi connectivity index (χ4v) is 5.66. The summed E-state index contributed by atoms with van der Waals surface area (Å²) in [7, 11) is -3.44. The molecule has 1 fully saturated rings. The molecule has 5 rings (SSSR count). The van der Waals surface area contributed by atoms with Gasteiger partial charge < -0.3 is 10.1 Å². The van der Waals surface area contributed by atoms with Crippen molar-refractivity contribution >= 4 is 43.1 Å². The number of nitrogens with zero attached hydrogens (tertiary/aromatic N) is 1. The van der Waals surface area contributed by atoms with Gasteiger partial charge in [0.25, 0.3) is 5.91 Å². The summed E-state index contributed by atoms with van der Waals surface area (Å²) in [6.45, 7) is 0.615. The minimum absolute atomic E-state index is 0.0204. The van der Waals surface area contributed by atoms with Crippen molar-refractivity contribution < 1.29 is 17.9 Å². The number of sulfone groups is 1. The van der Waals surface area contributed by atoms with Crippen LogP contribution in [0.4, 0.5) is 5.69 Å². The molecule has 0 radical (unpaired) electrons. The molecule has 3 aromatic carbocycles. The predicted molar refractivity (Wildman–Crippen MR) is 125 cm³/mol. The lowest BCUT2D eigenvalue weighted by molar-refractivity contribution is 0.102. The Morgan fingerprint density at radius 3 is 2.59 bits per heavy atom. The third-order valence-electron chi connectivity index (χ3n) is 5.76. The van der Waals surface area contributed by atoms with Crippen LogP contribution in [0.2, 0.25) is 0 Å². The first-order chi connectivity index (χ1) is 15.5. The summed E-state index contributed by atoms with van der Waals surface area (Å²) < 4.78 is 30.7. The molecule has 1 saturated heterocycles. The van der Waals surface area contributed by atoms with Crippen molar-refractivity contribution in [2.45, 2.75) is 23.8 Å². The third-order valence-corrected chi connectivity index (χ3v) is 7.56. The molecular formula is C25H22N2O4S. The fraction of sp³-hybridized carbons (Fsp3) is 0.200. The van der Waals surface area contributed by atoms with Gasteiger partial charge in [0.2, 0.25) is 0 Å². The Balaban J connectivity index is 1.41. The number of fused-ring (bicyclic) bond motifs is 3. The molecule has 1 N–H and O–H groups in total. The monoisotopic (exact) mass is 446 g/mol. The molecule has 1 aliphatic heterocycles. The van der Waals surface area contributed by atoms with Gasteiger partial charge in [-0.15, -0.1) is 0 Å². The second kappa shape index (κ2) is 8.33. The van der Waals surface area contributed by atoms with Gasteiger partial charge in [-0.05, 0) is 60.0 Å². The zero-order valence-corrected chi connectivity index (χ0v) is 18.1. The normalized spacial score (nSPS) is 16.4. The molecule has 4 aromatic rings. The summed E-state index contributed by atoms with van der Waals surface area (Å²) in [4.78, 5) is 17.8. The van der Waals surface area contributed by atoms with E-state index in [9.17, 15) is 13.2 Å². The van der Waals surface area contributed by atoms with Gasteiger partial charge in [0.15, 0.2) is 9.84 Å². The zero-order valence-electron chi connectivity index (χ0n) is 17.3. The predicted octanol–water partition coefficient (Wildman–Crippen LogP) is 4.59. The van der Waals surface area contributed by atoms with Crippen LogP contribution in [0.5, 0.6) is 0 Å². The van der Waals surface area contributed by atoms with Gasteiger partial charge >= 0.3 is 0 Å². The van der Waals surface area contributed by atoms with E-state index in [0.29, 0.717) is 23.4 Å². The zero-order chi connectivity index (χ0) is 22.1. The van der Waals surface area contributed by atoms with E-state index in [2.05, 4.69) is 10.3 Å². The van der Waals surface area contributed by atoms with E-state index in [1.54, 1.807) is 18.3 Å². The van der Waals surface area contributed by atoms with Crippen molar-refractivity contribution in [2.75, 3.05) is 17.7 Å². The lowest BCUT2D eigenvalue weighted by atomic mass is 10.0. The van der Waals surface area contributed by atoms with Gasteiger partial charge in [0, 0.05) is 23.9 Å². The van der Waals surface area contributed by atoms with E-state index in [1.165, 1.54) is 12.1 Å². The Morgan fingerprint density at radius 2 is 1.81 bits per heavy atom. The van der Waals surface area contributed by atoms with Crippen LogP contribution in [0.3, 0.4) is 0 Å². The topological polar surface area (TPSA) is 85.4 Å². The van der Waals surface area contributed by atoms with Crippen LogP contribution in [0, 0.1) is 0 Å². The molecule has 0 bridgehead atoms. The molecule has 32 heavy (non-hydrogen) atoms. The van der Waals surface area contributed by atoms with Crippen LogP contribution in [-0.4, -0.2) is 37.8 Å². The molecule has 7 heteroatoms. The lowest BCUT2D eigenvalue weighted by Crippen LogP contribution is -2.20. The summed E-state index contributed by atoms with van der Waals surface area (Å²) in [6, 6.07) is 19.8. The standard InChI is InChI=1S/C25H22N2O4S/c28-25(23-15-17-5-1-2-7-21(17)22-8-3-13-26-24(22)23)27-18-9-11-20(12-10-18)32(29,30)16-19-6-4-14-31-19/h1-3,5,7-13,15,19H,4,6,14,16H2,(H,27,28). The van der Waals surface area contributed by atoms with Gasteiger partial charge in [0.1, 0.15) is 0 Å². The number of anilines is 1. The molecule has 1 aromatic heterocycles. The highest BCUT2D eigenvalue weighted by molar-refractivity contribution is 7.91. The number of benzene rings is 3. The van der Waals surface area contributed by atoms with Crippen molar-refractivity contribution in [1.82, 2.24) is 4.98 Å². The second-order valence-corrected chi connectivity index (χ2v) is 9.97. The average Bonchev–Trinajstić information content (AvgIpc) is 3.31. The second-order valence-electron chi connectivity index (χ2n) is 7.94. The summed E-state index contributed by atoms with van der Waals surface area (Å²) in [6.07, 6.45) is 3.08. The molecule has 162 valence electrons. The Morgan fingerprint density at radius 1 is 1.03 bits per heavy atom. The molecule has 1 atom stereocenters. The van der Waals surface area contributed by atoms with Gasteiger partial charge in [-0.1, -0.05) is 30.3 Å². The summed E-state index contributed by atoms with van der Waals surface area (Å²) in [5.74, 6) is -0.317. The van der Waals surface area contributed by atoms with E-state index in [-0.39, 0.29) is 22.7 Å². The Kier molecular flexibility index (Phi) is 5.36. The molecule has 0 spiro atoms. The van der Waals surface area contributed by atoms with E-state index in [1.807, 2.05) is 42.5 Å². The highest BCUT2D eigenvalue weighted by atomic mass is 32.2. The fourth-order valence-electron chi connectivity index (χ4n) is 4.16. The van der Waals surface area contributed by atoms with E-state index in [0.717, 1.165) is 29.0 Å². The highest BCUT2D eigenvalue weighted by Gasteiger charge is 2.25. The first-order valence-electron chi connectivity index (χ1n) is 10.5. The SMILES string of the molecule is O=C(Nc1ccc(S(=O)(=O)CC2CCCO2)cc1)c1cc2ccccc2c2cccnc12. The molecule has 1 amide bonds. The maximum Gasteiger partial charge on any atom is 0.257 e. The maximum atomic E-state index is 13.1. The van der Waals surface area contributed by atoms with Crippen LogP contribution in [-0.2, 0) is 14.6 Å². The number of ether oxygens (including phenoxy) is 1. The molecular weight excluding hydrogens is 424 g/mol. The van der Waals surface area contributed by atoms with Crippen molar-refractivity contribution in [2.24, 2.45) is 0 Å². The molecule has 0 saturated carbocycles. The van der Waals surface area contributed by atoms with Gasteiger partial charge in [-0.2, -0.15) is 0 Å². The lowest BCUT2D eigenvalue weighted by Gasteiger charge is -2.12. The number of aromatic nitrogens is 1. The quantitative estimate of drug-likeness (QED) is 0.453. The van der Waals surface area contributed by atoms with Crippen LogP contribution in [0.1, 0.15) is 23.2 Å². The Hall–Kier alpha value is -3.29. The minimum atomic E-state index is -3.44. The van der Waals surface area contributed by atoms with Crippen molar-refractivity contribution in [1.29, 1.82) is 0 Å². The maximum absolute atomic E-state index is 13.1. The Labute approximate surface area is 186 Å². The number of hydrogen-bond acceptors (Lipinski definition) is 5. The molecule has 0 aliphatic carbocycles. The molecule has 1 aliphatic rings. The first kappa shape index (κ1) is 20.6. The van der Waals surface area contributed by atoms with E-state index >= 15 is 0 Å².